The summed E-state index contributed by atoms with van der Waals surface area (Å²) in [7, 11) is 0. The Morgan fingerprint density at radius 3 is 2.73 bits per heavy atom. The van der Waals surface area contributed by atoms with Crippen LogP contribution >= 0.6 is 27.5 Å². The molecule has 2 aromatic rings. The van der Waals surface area contributed by atoms with Crippen LogP contribution in [0.15, 0.2) is 39.8 Å². The van der Waals surface area contributed by atoms with E-state index in [9.17, 15) is 34.0 Å². The molecule has 0 radical (unpaired) electrons. The van der Waals surface area contributed by atoms with Gasteiger partial charge in [0.25, 0.3) is 11.6 Å². The van der Waals surface area contributed by atoms with E-state index in [0.717, 1.165) is 6.07 Å². The fraction of sp³-hybridized carbons (Fsp3) is 0.333. The molecule has 214 valence electrons. The Bertz CT molecular complexity index is 1350. The third-order valence-corrected chi connectivity index (χ3v) is 6.27. The second-order valence-corrected chi connectivity index (χ2v) is 9.75. The lowest BCUT2D eigenvalue weighted by Crippen LogP contribution is -2.41. The largest absolute Gasteiger partial charge is 0.506 e. The van der Waals surface area contributed by atoms with Gasteiger partial charge < -0.3 is 31.1 Å². The maximum absolute atomic E-state index is 13.3. The first-order chi connectivity index (χ1) is 19.0. The van der Waals surface area contributed by atoms with E-state index < -0.39 is 47.2 Å². The van der Waals surface area contributed by atoms with Crippen LogP contribution in [-0.4, -0.2) is 66.2 Å². The molecule has 2 atom stereocenters. The summed E-state index contributed by atoms with van der Waals surface area (Å²) in [4.78, 5) is 52.4. The Balaban J connectivity index is 1.73. The van der Waals surface area contributed by atoms with Crippen LogP contribution in [0.2, 0.25) is 5.02 Å². The summed E-state index contributed by atoms with van der Waals surface area (Å²) in [5, 5.41) is 32.5. The molecule has 5 N–H and O–H groups in total. The van der Waals surface area contributed by atoms with Gasteiger partial charge in [-0.3, -0.25) is 24.5 Å². The maximum Gasteiger partial charge on any atom is 0.308 e. The number of hydrogen-bond donors (Lipinski definition) is 5. The number of nitro groups is 1. The van der Waals surface area contributed by atoms with Gasteiger partial charge in [0.2, 0.25) is 5.91 Å². The molecular formula is C24H25BrClFN6O7. The van der Waals surface area contributed by atoms with Crippen molar-refractivity contribution in [3.8, 4) is 5.75 Å². The van der Waals surface area contributed by atoms with Gasteiger partial charge in [-0.2, -0.15) is 0 Å². The molecule has 2 amide bonds. The first-order valence-corrected chi connectivity index (χ1v) is 13.0. The van der Waals surface area contributed by atoms with Crippen LogP contribution in [0.5, 0.6) is 5.75 Å². The zero-order valence-electron chi connectivity index (χ0n) is 21.0. The molecule has 0 aliphatic carbocycles. The van der Waals surface area contributed by atoms with Gasteiger partial charge in [-0.1, -0.05) is 11.6 Å². The number of carbonyl (C=O) groups is 3. The molecule has 13 nitrogen and oxygen atoms in total. The number of esters is 1. The van der Waals surface area contributed by atoms with E-state index in [1.54, 1.807) is 6.92 Å². The number of ether oxygens (including phenoxy) is 1. The highest BCUT2D eigenvalue weighted by Crippen LogP contribution is 2.36. The number of phenols is 1. The predicted octanol–water partition coefficient (Wildman–Crippen LogP) is 2.97. The molecule has 0 saturated heterocycles. The minimum absolute atomic E-state index is 0.00426. The second kappa shape index (κ2) is 13.9. The zero-order chi connectivity index (χ0) is 29.4. The standard InChI is InChI=1S/C24H25BrClFN6O7/c1-2-40-21(35)8-19(17-5-13(26)6-18(25)22(17)36)32-20(34)11-28-23(37)12-3-15(7-16(4-12)33(38)39)31-24-29-9-14(27)10-30-24/h3-7,14,19,36H,2,8-11H2,1H3,(H,28,37)(H,32,34)(H2,29,30,31). The number of amides is 2. The molecule has 1 aliphatic rings. The minimum atomic E-state index is -1.16. The first kappa shape index (κ1) is 30.6. The van der Waals surface area contributed by atoms with Crippen molar-refractivity contribution in [1.82, 2.24) is 16.0 Å². The lowest BCUT2D eigenvalue weighted by molar-refractivity contribution is -0.384. The fourth-order valence-corrected chi connectivity index (χ4v) is 4.48. The van der Waals surface area contributed by atoms with Crippen molar-refractivity contribution in [3.05, 3.63) is 61.1 Å². The van der Waals surface area contributed by atoms with Crippen LogP contribution in [0, 0.1) is 10.1 Å². The number of nitrogens with zero attached hydrogens (tertiary/aromatic N) is 2. The van der Waals surface area contributed by atoms with Crippen LogP contribution in [0.3, 0.4) is 0 Å². The topological polar surface area (TPSA) is 184 Å². The number of halogens is 3. The molecule has 16 heteroatoms. The summed E-state index contributed by atoms with van der Waals surface area (Å²) in [6.07, 6.45) is -1.50. The number of aromatic hydroxyl groups is 1. The molecule has 2 aromatic carbocycles. The van der Waals surface area contributed by atoms with Crippen molar-refractivity contribution < 1.29 is 33.5 Å². The Kier molecular flexibility index (Phi) is 10.6. The molecule has 0 spiro atoms. The molecule has 0 saturated carbocycles. The molecule has 1 aliphatic heterocycles. The van der Waals surface area contributed by atoms with Crippen molar-refractivity contribution in [2.24, 2.45) is 4.99 Å². The van der Waals surface area contributed by atoms with Gasteiger partial charge in [-0.15, -0.1) is 0 Å². The van der Waals surface area contributed by atoms with Crippen molar-refractivity contribution in [3.63, 3.8) is 0 Å². The number of aliphatic imine (C=N–C) groups is 1. The Labute approximate surface area is 240 Å². The van der Waals surface area contributed by atoms with Crippen LogP contribution in [0.25, 0.3) is 0 Å². The molecule has 1 heterocycles. The van der Waals surface area contributed by atoms with Gasteiger partial charge >= 0.3 is 5.97 Å². The van der Waals surface area contributed by atoms with Gasteiger partial charge in [-0.25, -0.2) is 9.38 Å². The highest BCUT2D eigenvalue weighted by molar-refractivity contribution is 9.10. The van der Waals surface area contributed by atoms with Crippen LogP contribution < -0.4 is 21.3 Å². The van der Waals surface area contributed by atoms with Gasteiger partial charge in [-0.05, 0) is 41.1 Å². The molecular weight excluding hydrogens is 619 g/mol. The van der Waals surface area contributed by atoms with E-state index in [1.165, 1.54) is 24.3 Å². The number of benzene rings is 2. The Morgan fingerprint density at radius 1 is 1.32 bits per heavy atom. The Hall–Kier alpha value is -3.98. The van der Waals surface area contributed by atoms with E-state index >= 15 is 0 Å². The third kappa shape index (κ3) is 8.51. The highest BCUT2D eigenvalue weighted by Gasteiger charge is 2.25. The van der Waals surface area contributed by atoms with E-state index in [-0.39, 0.29) is 64.1 Å². The number of hydrogen-bond acceptors (Lipinski definition) is 10. The van der Waals surface area contributed by atoms with E-state index in [4.69, 9.17) is 16.3 Å². The van der Waals surface area contributed by atoms with Gasteiger partial charge in [0.05, 0.1) is 48.1 Å². The summed E-state index contributed by atoms with van der Waals surface area (Å²) in [6.45, 7) is 1.05. The summed E-state index contributed by atoms with van der Waals surface area (Å²) < 4.78 is 18.5. The number of nitro benzene ring substituents is 1. The number of guanidine groups is 1. The van der Waals surface area contributed by atoms with Crippen LogP contribution in [-0.2, 0) is 14.3 Å². The minimum Gasteiger partial charge on any atom is -0.506 e. The number of anilines is 1. The number of phenolic OH excluding ortho intramolecular Hbond substituents is 1. The van der Waals surface area contributed by atoms with E-state index in [1.807, 2.05) is 0 Å². The van der Waals surface area contributed by atoms with Gasteiger partial charge in [0.15, 0.2) is 5.96 Å². The number of non-ortho nitro benzene ring substituents is 1. The molecule has 40 heavy (non-hydrogen) atoms. The molecule has 3 rings (SSSR count). The average molecular weight is 644 g/mol. The molecule has 0 bridgehead atoms. The highest BCUT2D eigenvalue weighted by atomic mass is 79.9. The quantitative estimate of drug-likeness (QED) is 0.148. The van der Waals surface area contributed by atoms with Crippen LogP contribution in [0.4, 0.5) is 15.8 Å². The SMILES string of the molecule is CCOC(=O)CC(NC(=O)CNC(=O)c1cc(NC2=NCC(F)CN2)cc([N+](=O)[O-])c1)c1cc(Cl)cc(Br)c1O. The van der Waals surface area contributed by atoms with Crippen LogP contribution in [0.1, 0.15) is 35.3 Å². The summed E-state index contributed by atoms with van der Waals surface area (Å²) in [5.41, 5.74) is -0.261. The summed E-state index contributed by atoms with van der Waals surface area (Å²) in [6, 6.07) is 5.25. The summed E-state index contributed by atoms with van der Waals surface area (Å²) in [5.74, 6) is -2.26. The monoisotopic (exact) mass is 642 g/mol. The lowest BCUT2D eigenvalue weighted by atomic mass is 10.0. The lowest BCUT2D eigenvalue weighted by Gasteiger charge is -2.21. The van der Waals surface area contributed by atoms with Crippen molar-refractivity contribution >= 4 is 62.6 Å². The normalized spacial score (nSPS) is 15.2. The van der Waals surface area contributed by atoms with E-state index in [2.05, 4.69) is 42.2 Å². The van der Waals surface area contributed by atoms with Crippen molar-refractivity contribution in [2.75, 3.05) is 31.6 Å². The van der Waals surface area contributed by atoms with Crippen molar-refractivity contribution in [1.29, 1.82) is 0 Å². The average Bonchev–Trinajstić information content (AvgIpc) is 2.90. The number of rotatable bonds is 10. The molecule has 2 unspecified atom stereocenters. The first-order valence-electron chi connectivity index (χ1n) is 11.9. The van der Waals surface area contributed by atoms with Gasteiger partial charge in [0.1, 0.15) is 11.9 Å². The van der Waals surface area contributed by atoms with Gasteiger partial charge in [0, 0.05) is 34.0 Å². The fourth-order valence-electron chi connectivity index (χ4n) is 3.64. The van der Waals surface area contributed by atoms with E-state index in [0.29, 0.717) is 0 Å². The number of alkyl halides is 1. The molecule has 0 fully saturated rings. The number of nitrogens with one attached hydrogen (secondary N) is 4. The molecule has 0 aromatic heterocycles. The summed E-state index contributed by atoms with van der Waals surface area (Å²) >= 11 is 9.24. The smallest absolute Gasteiger partial charge is 0.308 e. The Morgan fingerprint density at radius 2 is 2.08 bits per heavy atom. The second-order valence-electron chi connectivity index (χ2n) is 8.46. The van der Waals surface area contributed by atoms with Crippen molar-refractivity contribution in [2.45, 2.75) is 25.6 Å². The predicted molar refractivity (Wildman–Crippen MR) is 147 cm³/mol. The maximum atomic E-state index is 13.3. The zero-order valence-corrected chi connectivity index (χ0v) is 23.3. The number of carbonyl (C=O) groups excluding carboxylic acids is 3. The third-order valence-electron chi connectivity index (χ3n) is 5.45.